The van der Waals surface area contributed by atoms with Crippen LogP contribution in [0.1, 0.15) is 51.5 Å². The van der Waals surface area contributed by atoms with Crippen LogP contribution in [0.4, 0.5) is 4.39 Å². The Kier molecular flexibility index (Phi) is 4.52. The van der Waals surface area contributed by atoms with Crippen molar-refractivity contribution in [1.29, 1.82) is 0 Å². The molecule has 1 aromatic carbocycles. The van der Waals surface area contributed by atoms with Crippen LogP contribution in [0.5, 0.6) is 0 Å². The molecule has 1 saturated carbocycles. The molecule has 0 radical (unpaired) electrons. The maximum atomic E-state index is 14.0. The van der Waals surface area contributed by atoms with Crippen molar-refractivity contribution in [2.75, 3.05) is 0 Å². The molecule has 0 aromatic heterocycles. The highest BCUT2D eigenvalue weighted by Crippen LogP contribution is 2.41. The maximum absolute atomic E-state index is 14.0. The average Bonchev–Trinajstić information content (AvgIpc) is 2.51. The van der Waals surface area contributed by atoms with Crippen LogP contribution in [0.3, 0.4) is 0 Å². The highest BCUT2D eigenvalue weighted by molar-refractivity contribution is 6.30. The zero-order valence-corrected chi connectivity index (χ0v) is 12.4. The first-order valence-corrected chi connectivity index (χ1v) is 7.48. The molecular weight excluding hydrogens is 263 g/mol. The van der Waals surface area contributed by atoms with Crippen molar-refractivity contribution >= 4 is 11.6 Å². The molecule has 0 heterocycles. The fraction of sp³-hybridized carbons (Fsp3) is 0.625. The van der Waals surface area contributed by atoms with Gasteiger partial charge in [0.15, 0.2) is 0 Å². The maximum Gasteiger partial charge on any atom is 0.130 e. The number of benzene rings is 1. The first-order chi connectivity index (χ1) is 8.92. The molecule has 19 heavy (non-hydrogen) atoms. The third-order valence-electron chi connectivity index (χ3n) is 4.47. The summed E-state index contributed by atoms with van der Waals surface area (Å²) in [5.74, 6) is 0.861. The fourth-order valence-corrected chi connectivity index (χ4v) is 3.31. The van der Waals surface area contributed by atoms with Crippen LogP contribution in [-0.4, -0.2) is 5.11 Å². The van der Waals surface area contributed by atoms with Gasteiger partial charge in [0, 0.05) is 10.6 Å². The van der Waals surface area contributed by atoms with Gasteiger partial charge in [-0.2, -0.15) is 0 Å². The number of aliphatic hydroxyl groups is 1. The molecule has 3 heteroatoms. The van der Waals surface area contributed by atoms with E-state index in [1.54, 1.807) is 12.1 Å². The van der Waals surface area contributed by atoms with Crippen molar-refractivity contribution in [2.45, 2.75) is 51.6 Å². The lowest BCUT2D eigenvalue weighted by Gasteiger charge is -2.28. The second kappa shape index (κ2) is 5.80. The summed E-state index contributed by atoms with van der Waals surface area (Å²) in [5.41, 5.74) is -0.625. The van der Waals surface area contributed by atoms with E-state index < -0.39 is 11.4 Å². The number of hydrogen-bond donors (Lipinski definition) is 1. The largest absolute Gasteiger partial charge is 0.385 e. The molecule has 106 valence electrons. The monoisotopic (exact) mass is 284 g/mol. The molecule has 0 spiro atoms. The van der Waals surface area contributed by atoms with Crippen LogP contribution in [0.25, 0.3) is 0 Å². The molecular formula is C16H22ClFO. The summed E-state index contributed by atoms with van der Waals surface area (Å²) in [7, 11) is 0. The summed E-state index contributed by atoms with van der Waals surface area (Å²) in [6, 6.07) is 4.58. The van der Waals surface area contributed by atoms with Gasteiger partial charge in [0.2, 0.25) is 0 Å². The molecule has 2 unspecified atom stereocenters. The van der Waals surface area contributed by atoms with Gasteiger partial charge in [-0.05, 0) is 49.7 Å². The van der Waals surface area contributed by atoms with E-state index in [0.717, 1.165) is 19.3 Å². The van der Waals surface area contributed by atoms with Gasteiger partial charge >= 0.3 is 0 Å². The van der Waals surface area contributed by atoms with Crippen molar-refractivity contribution in [3.63, 3.8) is 0 Å². The minimum Gasteiger partial charge on any atom is -0.385 e. The summed E-state index contributed by atoms with van der Waals surface area (Å²) in [6.07, 6.45) is 4.29. The first-order valence-electron chi connectivity index (χ1n) is 7.10. The van der Waals surface area contributed by atoms with E-state index in [9.17, 15) is 9.50 Å². The summed E-state index contributed by atoms with van der Waals surface area (Å²) in [5, 5.41) is 11.2. The van der Waals surface area contributed by atoms with E-state index in [0.29, 0.717) is 35.3 Å². The van der Waals surface area contributed by atoms with Crippen LogP contribution >= 0.6 is 11.6 Å². The molecule has 0 amide bonds. The van der Waals surface area contributed by atoms with E-state index in [1.807, 2.05) is 0 Å². The normalized spacial score (nSPS) is 28.4. The van der Waals surface area contributed by atoms with Crippen LogP contribution < -0.4 is 0 Å². The molecule has 1 aliphatic carbocycles. The standard InChI is InChI=1S/C16H22ClFO/c1-11(2)12-4-3-8-16(19,9-7-12)14-6-5-13(17)10-15(14)18/h5-6,10-12,19H,3-4,7-9H2,1-2H3. The van der Waals surface area contributed by atoms with Crippen LogP contribution in [0.2, 0.25) is 5.02 Å². The van der Waals surface area contributed by atoms with Crippen LogP contribution in [0, 0.1) is 17.7 Å². The summed E-state index contributed by atoms with van der Waals surface area (Å²) >= 11 is 5.78. The molecule has 1 aromatic rings. The summed E-state index contributed by atoms with van der Waals surface area (Å²) in [4.78, 5) is 0. The zero-order valence-electron chi connectivity index (χ0n) is 11.6. The van der Waals surface area contributed by atoms with E-state index in [-0.39, 0.29) is 0 Å². The lowest BCUT2D eigenvalue weighted by molar-refractivity contribution is 0.0157. The van der Waals surface area contributed by atoms with Gasteiger partial charge in [0.25, 0.3) is 0 Å². The second-order valence-corrected chi connectivity index (χ2v) is 6.53. The topological polar surface area (TPSA) is 20.2 Å². The Morgan fingerprint density at radius 2 is 2.05 bits per heavy atom. The number of hydrogen-bond acceptors (Lipinski definition) is 1. The average molecular weight is 285 g/mol. The lowest BCUT2D eigenvalue weighted by atomic mass is 9.84. The summed E-state index contributed by atoms with van der Waals surface area (Å²) < 4.78 is 14.0. The van der Waals surface area contributed by atoms with Gasteiger partial charge in [-0.25, -0.2) is 4.39 Å². The first kappa shape index (κ1) is 14.8. The fourth-order valence-electron chi connectivity index (χ4n) is 3.15. The molecule has 0 saturated heterocycles. The molecule has 0 aliphatic heterocycles. The Morgan fingerprint density at radius 1 is 1.32 bits per heavy atom. The molecule has 2 rings (SSSR count). The second-order valence-electron chi connectivity index (χ2n) is 6.09. The lowest BCUT2D eigenvalue weighted by Crippen LogP contribution is -2.26. The van der Waals surface area contributed by atoms with Crippen LogP contribution in [0.15, 0.2) is 18.2 Å². The third kappa shape index (κ3) is 3.29. The van der Waals surface area contributed by atoms with Crippen molar-refractivity contribution in [3.05, 3.63) is 34.6 Å². The van der Waals surface area contributed by atoms with E-state index >= 15 is 0 Å². The number of halogens is 2. The predicted molar refractivity (Wildman–Crippen MR) is 76.7 cm³/mol. The van der Waals surface area contributed by atoms with Gasteiger partial charge < -0.3 is 5.11 Å². The molecule has 1 fully saturated rings. The van der Waals surface area contributed by atoms with Crippen molar-refractivity contribution in [2.24, 2.45) is 11.8 Å². The SMILES string of the molecule is CC(C)C1CCCC(O)(c2ccc(Cl)cc2F)CC1. The Hall–Kier alpha value is -0.600. The molecule has 1 N–H and O–H groups in total. The Balaban J connectivity index is 2.22. The third-order valence-corrected chi connectivity index (χ3v) is 4.70. The van der Waals surface area contributed by atoms with Gasteiger partial charge in [-0.1, -0.05) is 37.9 Å². The van der Waals surface area contributed by atoms with Gasteiger partial charge in [0.1, 0.15) is 5.82 Å². The minimum absolute atomic E-state index is 0.374. The van der Waals surface area contributed by atoms with E-state index in [2.05, 4.69) is 13.8 Å². The molecule has 1 aliphatic rings. The summed E-state index contributed by atoms with van der Waals surface area (Å²) in [6.45, 7) is 4.44. The van der Waals surface area contributed by atoms with Crippen molar-refractivity contribution < 1.29 is 9.50 Å². The molecule has 0 bridgehead atoms. The Labute approximate surface area is 119 Å². The molecule has 1 nitrogen and oxygen atoms in total. The minimum atomic E-state index is -1.03. The van der Waals surface area contributed by atoms with Crippen LogP contribution in [-0.2, 0) is 5.60 Å². The smallest absolute Gasteiger partial charge is 0.130 e. The van der Waals surface area contributed by atoms with Crippen molar-refractivity contribution in [3.8, 4) is 0 Å². The van der Waals surface area contributed by atoms with Gasteiger partial charge in [-0.3, -0.25) is 0 Å². The quantitative estimate of drug-likeness (QED) is 0.766. The highest BCUT2D eigenvalue weighted by Gasteiger charge is 2.35. The van der Waals surface area contributed by atoms with Crippen molar-refractivity contribution in [1.82, 2.24) is 0 Å². The Bertz CT molecular complexity index is 446. The van der Waals surface area contributed by atoms with E-state index in [1.165, 1.54) is 6.07 Å². The Morgan fingerprint density at radius 3 is 2.68 bits per heavy atom. The highest BCUT2D eigenvalue weighted by atomic mass is 35.5. The predicted octanol–water partition coefficient (Wildman–Crippen LogP) is 4.90. The van der Waals surface area contributed by atoms with E-state index in [4.69, 9.17) is 11.6 Å². The van der Waals surface area contributed by atoms with Gasteiger partial charge in [-0.15, -0.1) is 0 Å². The van der Waals surface area contributed by atoms with Gasteiger partial charge in [0.05, 0.1) is 5.60 Å². The molecule has 2 atom stereocenters. The number of rotatable bonds is 2. The zero-order chi connectivity index (χ0) is 14.0.